The Labute approximate surface area is 302 Å². The molecule has 2 aromatic heterocycles. The van der Waals surface area contributed by atoms with Crippen LogP contribution in [-0.4, -0.2) is 59.2 Å². The molecule has 6 aromatic rings. The van der Waals surface area contributed by atoms with Crippen molar-refractivity contribution in [2.75, 3.05) is 22.1 Å². The van der Waals surface area contributed by atoms with Gasteiger partial charge < -0.3 is 10.6 Å². The van der Waals surface area contributed by atoms with Crippen molar-refractivity contribution in [2.24, 2.45) is 0 Å². The Balaban J connectivity index is 1.14. The first-order chi connectivity index (χ1) is 23.8. The van der Waals surface area contributed by atoms with Crippen molar-refractivity contribution >= 4 is 122 Å². The number of carbonyl (C=O) groups excluding carboxylic acids is 2. The van der Waals surface area contributed by atoms with E-state index in [0.29, 0.717) is 8.68 Å². The van der Waals surface area contributed by atoms with Crippen LogP contribution in [0.3, 0.4) is 0 Å². The molecule has 18 heteroatoms. The maximum absolute atomic E-state index is 12.6. The first-order valence-electron chi connectivity index (χ1n) is 14.3. The second-order valence-corrected chi connectivity index (χ2v) is 17.6. The van der Waals surface area contributed by atoms with E-state index in [1.165, 1.54) is 82.6 Å². The third-order valence-electron chi connectivity index (χ3n) is 6.79. The fraction of sp³-hybridized carbons (Fsp3) is 0.0625. The van der Waals surface area contributed by atoms with Gasteiger partial charge in [0.2, 0.25) is 11.8 Å². The summed E-state index contributed by atoms with van der Waals surface area (Å²) in [6, 6.07) is 22.7. The molecule has 0 saturated heterocycles. The summed E-state index contributed by atoms with van der Waals surface area (Å²) in [7, 11) is -9.59. The molecule has 0 aliphatic carbocycles. The lowest BCUT2D eigenvalue weighted by Gasteiger charge is -2.10. The minimum atomic E-state index is -4.80. The van der Waals surface area contributed by atoms with Crippen molar-refractivity contribution in [1.82, 2.24) is 9.97 Å². The van der Waals surface area contributed by atoms with E-state index in [9.17, 15) is 35.5 Å². The fourth-order valence-corrected chi connectivity index (χ4v) is 9.76. The van der Waals surface area contributed by atoms with Crippen LogP contribution in [0, 0.1) is 0 Å². The van der Waals surface area contributed by atoms with E-state index < -0.39 is 41.8 Å². The largest absolute Gasteiger partial charge is 0.325 e. The molecule has 0 saturated carbocycles. The van der Waals surface area contributed by atoms with Crippen molar-refractivity contribution in [1.29, 1.82) is 0 Å². The molecule has 4 N–H and O–H groups in total. The topological polar surface area (TPSA) is 193 Å². The van der Waals surface area contributed by atoms with Crippen LogP contribution in [-0.2, 0) is 29.8 Å². The summed E-state index contributed by atoms with van der Waals surface area (Å²) in [4.78, 5) is 33.1. The lowest BCUT2D eigenvalue weighted by molar-refractivity contribution is -0.114. The number of nitrogens with zero attached hydrogens (tertiary/aromatic N) is 2. The number of amides is 2. The smallest absolute Gasteiger partial charge is 0.295 e. The number of hydrogen-bond acceptors (Lipinski definition) is 12. The number of para-hydroxylation sites is 2. The maximum Gasteiger partial charge on any atom is 0.295 e. The molecular formula is C32H24N4O8S6. The Morgan fingerprint density at radius 2 is 1.04 bits per heavy atom. The predicted octanol–water partition coefficient (Wildman–Crippen LogP) is 7.03. The molecule has 0 aliphatic heterocycles. The monoisotopic (exact) mass is 784 g/mol. The first kappa shape index (κ1) is 35.7. The van der Waals surface area contributed by atoms with Crippen LogP contribution in [0.25, 0.3) is 32.6 Å². The van der Waals surface area contributed by atoms with Gasteiger partial charge in [0.25, 0.3) is 20.2 Å². The molecule has 6 rings (SSSR count). The molecule has 50 heavy (non-hydrogen) atoms. The van der Waals surface area contributed by atoms with Crippen LogP contribution in [0.4, 0.5) is 11.4 Å². The summed E-state index contributed by atoms with van der Waals surface area (Å²) >= 11 is 5.33. The van der Waals surface area contributed by atoms with Gasteiger partial charge in [0.05, 0.1) is 31.9 Å². The van der Waals surface area contributed by atoms with Crippen molar-refractivity contribution in [3.63, 3.8) is 0 Å². The Bertz CT molecular complexity index is 2270. The Morgan fingerprint density at radius 1 is 0.640 bits per heavy atom. The van der Waals surface area contributed by atoms with E-state index in [1.54, 1.807) is 0 Å². The molecule has 0 aliphatic rings. The number of carbonyl (C=O) groups is 2. The summed E-state index contributed by atoms with van der Waals surface area (Å²) in [5.74, 6) is -0.864. The molecule has 0 fully saturated rings. The molecule has 0 spiro atoms. The zero-order chi connectivity index (χ0) is 35.5. The van der Waals surface area contributed by atoms with Gasteiger partial charge in [-0.2, -0.15) is 16.8 Å². The normalized spacial score (nSPS) is 12.1. The van der Waals surface area contributed by atoms with Crippen LogP contribution < -0.4 is 10.6 Å². The third-order valence-corrected chi connectivity index (χ3v) is 13.0. The van der Waals surface area contributed by atoms with E-state index >= 15 is 0 Å². The van der Waals surface area contributed by atoms with Crippen LogP contribution in [0.5, 0.6) is 0 Å². The molecular weight excluding hydrogens is 761 g/mol. The predicted molar refractivity (Wildman–Crippen MR) is 199 cm³/mol. The summed E-state index contributed by atoms with van der Waals surface area (Å²) in [6.07, 6.45) is 2.46. The SMILES string of the molecule is O=C(CSc1nc2ccccc2s1)Nc1ccc(/C=C/c2ccc(NC(=O)CSc3nc4ccccc4s3)cc2S(=O)(=O)O)c(S(=O)(=O)O)c1. The molecule has 2 amide bonds. The van der Waals surface area contributed by atoms with E-state index in [1.807, 2.05) is 48.5 Å². The van der Waals surface area contributed by atoms with Gasteiger partial charge in [-0.25, -0.2) is 9.97 Å². The summed E-state index contributed by atoms with van der Waals surface area (Å²) in [6.45, 7) is 0. The van der Waals surface area contributed by atoms with Gasteiger partial charge in [-0.3, -0.25) is 18.7 Å². The quantitative estimate of drug-likeness (QED) is 0.0563. The molecule has 2 heterocycles. The highest BCUT2D eigenvalue weighted by molar-refractivity contribution is 8.02. The molecule has 4 aromatic carbocycles. The minimum absolute atomic E-state index is 0.000460. The second kappa shape index (κ2) is 15.0. The van der Waals surface area contributed by atoms with Crippen molar-refractivity contribution in [2.45, 2.75) is 18.5 Å². The van der Waals surface area contributed by atoms with Gasteiger partial charge in [0.1, 0.15) is 9.79 Å². The lowest BCUT2D eigenvalue weighted by Crippen LogP contribution is -2.14. The van der Waals surface area contributed by atoms with Crippen molar-refractivity contribution in [3.05, 3.63) is 96.1 Å². The van der Waals surface area contributed by atoms with Gasteiger partial charge in [-0.15, -0.1) is 22.7 Å². The van der Waals surface area contributed by atoms with Gasteiger partial charge >= 0.3 is 0 Å². The Hall–Kier alpha value is -4.14. The maximum atomic E-state index is 12.6. The Kier molecular flexibility index (Phi) is 10.7. The number of fused-ring (bicyclic) bond motifs is 2. The average Bonchev–Trinajstić information content (AvgIpc) is 3.69. The summed E-state index contributed by atoms with van der Waals surface area (Å²) < 4.78 is 72.3. The van der Waals surface area contributed by atoms with E-state index in [4.69, 9.17) is 0 Å². The molecule has 0 unspecified atom stereocenters. The minimum Gasteiger partial charge on any atom is -0.325 e. The highest BCUT2D eigenvalue weighted by Gasteiger charge is 2.19. The number of rotatable bonds is 12. The van der Waals surface area contributed by atoms with Crippen LogP contribution in [0.2, 0.25) is 0 Å². The molecule has 0 radical (unpaired) electrons. The molecule has 0 bridgehead atoms. The van der Waals surface area contributed by atoms with Crippen LogP contribution in [0.1, 0.15) is 11.1 Å². The van der Waals surface area contributed by atoms with Gasteiger partial charge in [-0.05, 0) is 59.7 Å². The third kappa shape index (κ3) is 8.95. The molecule has 12 nitrogen and oxygen atoms in total. The highest BCUT2D eigenvalue weighted by atomic mass is 32.2. The standard InChI is InChI=1S/C32H24N4O8S6/c37-29(17-45-31-35-23-5-1-3-7-25(23)47-31)33-21-13-11-19(27(15-21)49(39,40)41)9-10-20-12-14-22(16-28(20)50(42,43)44)34-30(38)18-46-32-36-24-6-2-4-8-26(24)48-32/h1-16H,17-18H2,(H,33,37)(H,34,38)(H,39,40,41)(H,42,43,44)/b10-9+. The number of thioether (sulfide) groups is 2. The lowest BCUT2D eigenvalue weighted by atomic mass is 10.1. The second-order valence-electron chi connectivity index (χ2n) is 10.4. The number of nitrogens with one attached hydrogen (secondary N) is 2. The van der Waals surface area contributed by atoms with Gasteiger partial charge in [-0.1, -0.05) is 72.1 Å². The zero-order valence-electron chi connectivity index (χ0n) is 25.3. The first-order valence-corrected chi connectivity index (χ1v) is 20.8. The summed E-state index contributed by atoms with van der Waals surface area (Å²) in [5, 5.41) is 5.20. The number of benzene rings is 4. The van der Waals surface area contributed by atoms with E-state index in [0.717, 1.165) is 32.6 Å². The van der Waals surface area contributed by atoms with Gasteiger partial charge in [0.15, 0.2) is 8.68 Å². The molecule has 0 atom stereocenters. The van der Waals surface area contributed by atoms with E-state index in [-0.39, 0.29) is 34.0 Å². The average molecular weight is 785 g/mol. The van der Waals surface area contributed by atoms with Crippen LogP contribution >= 0.6 is 46.2 Å². The number of thiazole rings is 2. The zero-order valence-corrected chi connectivity index (χ0v) is 30.2. The molecule has 256 valence electrons. The van der Waals surface area contributed by atoms with Crippen molar-refractivity contribution in [3.8, 4) is 0 Å². The fourth-order valence-electron chi connectivity index (χ4n) is 4.60. The van der Waals surface area contributed by atoms with Crippen molar-refractivity contribution < 1.29 is 35.5 Å². The number of anilines is 2. The summed E-state index contributed by atoms with van der Waals surface area (Å²) in [5.41, 5.74) is 1.79. The number of aromatic nitrogens is 2. The van der Waals surface area contributed by atoms with Crippen LogP contribution in [0.15, 0.2) is 103 Å². The number of hydrogen-bond donors (Lipinski definition) is 4. The highest BCUT2D eigenvalue weighted by Crippen LogP contribution is 2.31. The Morgan fingerprint density at radius 3 is 1.42 bits per heavy atom. The van der Waals surface area contributed by atoms with E-state index in [2.05, 4.69) is 20.6 Å². The van der Waals surface area contributed by atoms with Gasteiger partial charge in [0, 0.05) is 11.4 Å².